The molecule has 2 aliphatic rings. The van der Waals surface area contributed by atoms with E-state index in [1.807, 2.05) is 30.3 Å². The molecule has 2 aromatic heterocycles. The maximum absolute atomic E-state index is 15.3. The average Bonchev–Trinajstić information content (AvgIpc) is 3.88. The molecular formula is C37H47ClF2N8O. The van der Waals surface area contributed by atoms with Crippen LogP contribution >= 0.6 is 11.6 Å². The maximum atomic E-state index is 15.3. The van der Waals surface area contributed by atoms with E-state index in [0.29, 0.717) is 59.2 Å². The first-order valence-electron chi connectivity index (χ1n) is 17.5. The van der Waals surface area contributed by atoms with Gasteiger partial charge in [0.15, 0.2) is 5.82 Å². The second-order valence-corrected chi connectivity index (χ2v) is 14.0. The normalized spacial score (nSPS) is 19.5. The van der Waals surface area contributed by atoms with Gasteiger partial charge in [-0.25, -0.2) is 9.18 Å². The standard InChI is InChI=1S/C37H47ClF2N8O/c38-30-19-23(4-1-6-31(42)24-8-9-24)18-29(35(30)40)32-20-26-22-48(37(49)46-36(26)45-32)28-12-10-25(11-13-28)33-7-2-5-27(47(33)17-3-15-39)14-16-44-34(43)21-41/h10-13,18-20,22,24,27,31,33H,1-9,14-17,21,41-42H2,(H2,43,44)(H,45,46,49)/t27-,31+,33-/m0/s1. The Hall–Kier alpha value is -3.64. The number of hydrogen-bond donors (Lipinski definition) is 4. The number of aliphatic imine (C=N–C) groups is 1. The number of nitrogens with zero attached hydrogens (tertiary/aromatic N) is 4. The van der Waals surface area contributed by atoms with Gasteiger partial charge in [-0.05, 0) is 112 Å². The van der Waals surface area contributed by atoms with E-state index >= 15 is 4.39 Å². The second kappa shape index (κ2) is 15.9. The van der Waals surface area contributed by atoms with Crippen molar-refractivity contribution >= 4 is 28.5 Å². The molecule has 1 aliphatic heterocycles. The van der Waals surface area contributed by atoms with Crippen molar-refractivity contribution in [1.29, 1.82) is 0 Å². The van der Waals surface area contributed by atoms with Gasteiger partial charge >= 0.3 is 5.69 Å². The Morgan fingerprint density at radius 1 is 1.12 bits per heavy atom. The van der Waals surface area contributed by atoms with Gasteiger partial charge in [0.25, 0.3) is 0 Å². The molecule has 49 heavy (non-hydrogen) atoms. The highest BCUT2D eigenvalue weighted by atomic mass is 35.5. The summed E-state index contributed by atoms with van der Waals surface area (Å²) < 4.78 is 30.1. The fourth-order valence-electron chi connectivity index (χ4n) is 7.27. The molecule has 12 heteroatoms. The molecule has 2 aromatic carbocycles. The zero-order valence-electron chi connectivity index (χ0n) is 27.9. The molecule has 7 N–H and O–H groups in total. The maximum Gasteiger partial charge on any atom is 0.354 e. The van der Waals surface area contributed by atoms with Crippen molar-refractivity contribution < 1.29 is 8.78 Å². The number of aromatic amines is 1. The summed E-state index contributed by atoms with van der Waals surface area (Å²) in [6.07, 6.45) is 11.1. The van der Waals surface area contributed by atoms with Crippen LogP contribution in [-0.4, -0.2) is 63.7 Å². The number of amidine groups is 1. The summed E-state index contributed by atoms with van der Waals surface area (Å²) in [5.41, 5.74) is 21.2. The quantitative estimate of drug-likeness (QED) is 0.0864. The number of halogens is 3. The van der Waals surface area contributed by atoms with Gasteiger partial charge < -0.3 is 22.2 Å². The van der Waals surface area contributed by atoms with Crippen LogP contribution in [0.4, 0.5) is 8.78 Å². The van der Waals surface area contributed by atoms with Crippen LogP contribution in [0.1, 0.15) is 75.0 Å². The molecule has 4 aromatic rings. The van der Waals surface area contributed by atoms with E-state index in [1.54, 1.807) is 18.3 Å². The fraction of sp³-hybridized carbons (Fsp3) is 0.486. The molecule has 1 saturated carbocycles. The molecule has 0 spiro atoms. The number of fused-ring (bicyclic) bond motifs is 1. The summed E-state index contributed by atoms with van der Waals surface area (Å²) in [5.74, 6) is 0.568. The highest BCUT2D eigenvalue weighted by Gasteiger charge is 2.31. The Balaban J connectivity index is 1.21. The van der Waals surface area contributed by atoms with Gasteiger partial charge in [0.2, 0.25) is 0 Å². The van der Waals surface area contributed by atoms with Crippen LogP contribution in [0.5, 0.6) is 0 Å². The van der Waals surface area contributed by atoms with Gasteiger partial charge in [0, 0.05) is 48.4 Å². The molecule has 1 saturated heterocycles. The van der Waals surface area contributed by atoms with Gasteiger partial charge in [0.05, 0.1) is 29.6 Å². The number of likely N-dealkylation sites (tertiary alicyclic amines) is 1. The number of alkyl halides is 1. The molecule has 0 bridgehead atoms. The molecule has 1 aliphatic carbocycles. The zero-order valence-corrected chi connectivity index (χ0v) is 28.6. The molecule has 262 valence electrons. The van der Waals surface area contributed by atoms with E-state index in [2.05, 4.69) is 19.9 Å². The first-order valence-corrected chi connectivity index (χ1v) is 17.9. The molecular weight excluding hydrogens is 646 g/mol. The van der Waals surface area contributed by atoms with Crippen molar-refractivity contribution in [2.75, 3.05) is 26.3 Å². The topological polar surface area (TPSA) is 144 Å². The Bertz CT molecular complexity index is 1820. The predicted molar refractivity (Wildman–Crippen MR) is 194 cm³/mol. The predicted octanol–water partition coefficient (Wildman–Crippen LogP) is 6.19. The van der Waals surface area contributed by atoms with Crippen LogP contribution in [0.15, 0.2) is 58.4 Å². The Kier molecular flexibility index (Phi) is 11.4. The van der Waals surface area contributed by atoms with Crippen LogP contribution in [-0.2, 0) is 6.42 Å². The van der Waals surface area contributed by atoms with E-state index in [0.717, 1.165) is 56.1 Å². The monoisotopic (exact) mass is 692 g/mol. The van der Waals surface area contributed by atoms with Crippen molar-refractivity contribution in [2.24, 2.45) is 28.1 Å². The van der Waals surface area contributed by atoms with Gasteiger partial charge in [-0.15, -0.1) is 0 Å². The number of benzene rings is 2. The smallest absolute Gasteiger partial charge is 0.354 e. The minimum absolute atomic E-state index is 0.0580. The number of hydrogen-bond acceptors (Lipinski definition) is 6. The number of H-pyrrole nitrogens is 1. The number of rotatable bonds is 15. The van der Waals surface area contributed by atoms with Crippen LogP contribution in [0, 0.1) is 11.7 Å². The van der Waals surface area contributed by atoms with Crippen LogP contribution in [0.2, 0.25) is 5.02 Å². The molecule has 0 amide bonds. The lowest BCUT2D eigenvalue weighted by Gasteiger charge is -2.42. The van der Waals surface area contributed by atoms with Crippen molar-refractivity contribution in [3.05, 3.63) is 81.1 Å². The largest absolute Gasteiger partial charge is 0.386 e. The van der Waals surface area contributed by atoms with E-state index in [-0.39, 0.29) is 36.4 Å². The number of nitrogens with one attached hydrogen (secondary N) is 1. The SMILES string of the molecule is NCC(N)=NCC[C@@H]1CCC[C@@H](c2ccc(-n3cc4cc(-c5cc(CCC[C@@H](N)C6CC6)cc(Cl)c5F)[nH]c4nc3=O)cc2)N1CCCF. The Morgan fingerprint density at radius 2 is 1.92 bits per heavy atom. The lowest BCUT2D eigenvalue weighted by Crippen LogP contribution is -2.43. The van der Waals surface area contributed by atoms with E-state index in [9.17, 15) is 9.18 Å². The van der Waals surface area contributed by atoms with Crippen LogP contribution in [0.3, 0.4) is 0 Å². The second-order valence-electron chi connectivity index (χ2n) is 13.6. The van der Waals surface area contributed by atoms with E-state index in [4.69, 9.17) is 28.8 Å². The van der Waals surface area contributed by atoms with Gasteiger partial charge in [0.1, 0.15) is 11.5 Å². The van der Waals surface area contributed by atoms with Crippen LogP contribution in [0.25, 0.3) is 28.0 Å². The summed E-state index contributed by atoms with van der Waals surface area (Å²) in [4.78, 5) is 27.4. The number of aromatic nitrogens is 3. The number of nitrogens with two attached hydrogens (primary N) is 3. The lowest BCUT2D eigenvalue weighted by molar-refractivity contribution is 0.0748. The highest BCUT2D eigenvalue weighted by molar-refractivity contribution is 6.31. The molecule has 9 nitrogen and oxygen atoms in total. The molecule has 3 heterocycles. The third-order valence-electron chi connectivity index (χ3n) is 10.1. The summed E-state index contributed by atoms with van der Waals surface area (Å²) >= 11 is 6.33. The summed E-state index contributed by atoms with van der Waals surface area (Å²) in [6, 6.07) is 13.8. The van der Waals surface area contributed by atoms with E-state index < -0.39 is 11.5 Å². The average molecular weight is 693 g/mol. The minimum Gasteiger partial charge on any atom is -0.386 e. The van der Waals surface area contributed by atoms with Gasteiger partial charge in [-0.2, -0.15) is 4.98 Å². The molecule has 3 atom stereocenters. The zero-order chi connectivity index (χ0) is 34.5. The highest BCUT2D eigenvalue weighted by Crippen LogP contribution is 2.37. The van der Waals surface area contributed by atoms with Crippen molar-refractivity contribution in [2.45, 2.75) is 82.3 Å². The molecule has 0 radical (unpaired) electrons. The molecule has 2 fully saturated rings. The van der Waals surface area contributed by atoms with Crippen molar-refractivity contribution in [3.8, 4) is 16.9 Å². The summed E-state index contributed by atoms with van der Waals surface area (Å²) in [6.45, 7) is 1.11. The summed E-state index contributed by atoms with van der Waals surface area (Å²) in [5, 5.41) is 0.725. The van der Waals surface area contributed by atoms with Crippen molar-refractivity contribution in [1.82, 2.24) is 19.4 Å². The minimum atomic E-state index is -0.518. The third kappa shape index (κ3) is 8.40. The molecule has 0 unspecified atom stereocenters. The number of piperidine rings is 1. The van der Waals surface area contributed by atoms with Crippen LogP contribution < -0.4 is 22.9 Å². The fourth-order valence-corrected chi connectivity index (χ4v) is 7.51. The Labute approximate surface area is 290 Å². The number of aryl methyl sites for hydroxylation is 1. The first-order chi connectivity index (χ1) is 23.7. The Morgan fingerprint density at radius 3 is 2.65 bits per heavy atom. The molecule has 6 rings (SSSR count). The van der Waals surface area contributed by atoms with Gasteiger partial charge in [-0.3, -0.25) is 18.8 Å². The lowest BCUT2D eigenvalue weighted by atomic mass is 9.89. The third-order valence-corrected chi connectivity index (χ3v) is 10.4. The van der Waals surface area contributed by atoms with Crippen molar-refractivity contribution in [3.63, 3.8) is 0 Å². The van der Waals surface area contributed by atoms with E-state index in [1.165, 1.54) is 17.4 Å². The van der Waals surface area contributed by atoms with Gasteiger partial charge in [-0.1, -0.05) is 23.7 Å². The summed E-state index contributed by atoms with van der Waals surface area (Å²) in [7, 11) is 0. The first kappa shape index (κ1) is 35.2.